The first-order valence-electron chi connectivity index (χ1n) is 12.0. The van der Waals surface area contributed by atoms with Crippen LogP contribution in [-0.2, 0) is 19.3 Å². The van der Waals surface area contributed by atoms with E-state index >= 15 is 0 Å². The second kappa shape index (κ2) is 10.4. The van der Waals surface area contributed by atoms with Gasteiger partial charge in [-0.15, -0.1) is 0 Å². The molecule has 3 aromatic carbocycles. The van der Waals surface area contributed by atoms with E-state index in [-0.39, 0.29) is 11.6 Å². The van der Waals surface area contributed by atoms with Crippen LogP contribution in [0.3, 0.4) is 0 Å². The number of aromatic amines is 1. The first-order valence-corrected chi connectivity index (χ1v) is 12.0. The Morgan fingerprint density at radius 1 is 0.730 bits per heavy atom. The molecule has 0 saturated carbocycles. The maximum Gasteiger partial charge on any atom is 0.416 e. The van der Waals surface area contributed by atoms with Crippen molar-refractivity contribution in [2.75, 3.05) is 26.2 Å². The highest BCUT2D eigenvalue weighted by molar-refractivity contribution is 5.78. The molecule has 37 heavy (non-hydrogen) atoms. The smallest absolute Gasteiger partial charge is 0.340 e. The van der Waals surface area contributed by atoms with Gasteiger partial charge in [0.1, 0.15) is 17.5 Å². The van der Waals surface area contributed by atoms with Gasteiger partial charge in [0, 0.05) is 43.9 Å². The van der Waals surface area contributed by atoms with Crippen LogP contribution in [-0.4, -0.2) is 45.9 Å². The first kappa shape index (κ1) is 25.1. The van der Waals surface area contributed by atoms with Crippen molar-refractivity contribution in [2.45, 2.75) is 19.3 Å². The average Bonchev–Trinajstić information content (AvgIpc) is 3.29. The zero-order valence-electron chi connectivity index (χ0n) is 19.9. The Kier molecular flexibility index (Phi) is 7.08. The van der Waals surface area contributed by atoms with E-state index in [1.54, 1.807) is 24.3 Å². The molecule has 0 aliphatic carbocycles. The summed E-state index contributed by atoms with van der Waals surface area (Å²) in [5.41, 5.74) is 2.60. The summed E-state index contributed by atoms with van der Waals surface area (Å²) in [5, 5.41) is 0. The molecule has 5 rings (SSSR count). The fourth-order valence-electron chi connectivity index (χ4n) is 4.57. The number of benzene rings is 3. The predicted octanol–water partition coefficient (Wildman–Crippen LogP) is 6.36. The molecular weight excluding hydrogens is 487 g/mol. The third-order valence-electron chi connectivity index (χ3n) is 6.49. The monoisotopic (exact) mass is 512 g/mol. The highest BCUT2D eigenvalue weighted by Gasteiger charge is 2.30. The van der Waals surface area contributed by atoms with Crippen molar-refractivity contribution in [3.05, 3.63) is 101 Å². The Balaban J connectivity index is 1.27. The van der Waals surface area contributed by atoms with E-state index in [1.807, 2.05) is 0 Å². The Morgan fingerprint density at radius 3 is 1.89 bits per heavy atom. The van der Waals surface area contributed by atoms with Crippen LogP contribution in [0.1, 0.15) is 17.0 Å². The summed E-state index contributed by atoms with van der Waals surface area (Å²) in [6.45, 7) is 4.15. The van der Waals surface area contributed by atoms with Gasteiger partial charge in [-0.1, -0.05) is 36.4 Å². The lowest BCUT2D eigenvalue weighted by molar-refractivity contribution is -0.137. The van der Waals surface area contributed by atoms with Gasteiger partial charge in [-0.25, -0.2) is 13.8 Å². The lowest BCUT2D eigenvalue weighted by atomic mass is 10.0. The minimum absolute atomic E-state index is 0.372. The quantitative estimate of drug-likeness (QED) is 0.306. The molecule has 1 N–H and O–H groups in total. The van der Waals surface area contributed by atoms with Crippen LogP contribution in [0, 0.1) is 11.6 Å². The van der Waals surface area contributed by atoms with Gasteiger partial charge in [0.2, 0.25) is 0 Å². The summed E-state index contributed by atoms with van der Waals surface area (Å²) in [6, 6.07) is 17.6. The molecule has 0 amide bonds. The van der Waals surface area contributed by atoms with Crippen molar-refractivity contribution >= 4 is 0 Å². The summed E-state index contributed by atoms with van der Waals surface area (Å²) in [4.78, 5) is 12.5. The molecule has 4 nitrogen and oxygen atoms in total. The van der Waals surface area contributed by atoms with Gasteiger partial charge in [-0.3, -0.25) is 9.80 Å². The van der Waals surface area contributed by atoms with Crippen molar-refractivity contribution in [1.29, 1.82) is 0 Å². The fraction of sp³-hybridized carbons (Fsp3) is 0.250. The van der Waals surface area contributed by atoms with E-state index in [2.05, 4.69) is 14.8 Å². The topological polar surface area (TPSA) is 35.2 Å². The lowest BCUT2D eigenvalue weighted by Crippen LogP contribution is -2.45. The molecule has 1 aliphatic heterocycles. The van der Waals surface area contributed by atoms with Gasteiger partial charge in [0.25, 0.3) is 0 Å². The number of imidazole rings is 1. The van der Waals surface area contributed by atoms with Crippen LogP contribution in [0.25, 0.3) is 22.5 Å². The van der Waals surface area contributed by atoms with Crippen molar-refractivity contribution in [2.24, 2.45) is 0 Å². The normalized spacial score (nSPS) is 15.3. The highest BCUT2D eigenvalue weighted by atomic mass is 19.4. The largest absolute Gasteiger partial charge is 0.416 e. The summed E-state index contributed by atoms with van der Waals surface area (Å²) in [5.74, 6) is -0.0610. The molecule has 0 spiro atoms. The second-order valence-electron chi connectivity index (χ2n) is 9.17. The van der Waals surface area contributed by atoms with Crippen molar-refractivity contribution < 1.29 is 22.0 Å². The number of rotatable bonds is 6. The number of halogens is 5. The molecule has 1 aromatic heterocycles. The molecule has 4 aromatic rings. The number of H-pyrrole nitrogens is 1. The maximum absolute atomic E-state index is 13.9. The standard InChI is InChI=1S/C28H25F5N4/c29-23-5-1-3-20(15-23)26-27(21-4-2-6-24(30)16-21)35-25(34-26)18-37-13-11-36(12-14-37)17-19-7-9-22(10-8-19)28(31,32)33/h1-10,15-16H,11-14,17-18H2,(H,34,35). The lowest BCUT2D eigenvalue weighted by Gasteiger charge is -2.34. The summed E-state index contributed by atoms with van der Waals surface area (Å²) in [6.07, 6.45) is -4.33. The molecule has 1 fully saturated rings. The van der Waals surface area contributed by atoms with Gasteiger partial charge in [-0.05, 0) is 42.0 Å². The maximum atomic E-state index is 13.9. The summed E-state index contributed by atoms with van der Waals surface area (Å²) < 4.78 is 66.3. The summed E-state index contributed by atoms with van der Waals surface area (Å²) >= 11 is 0. The first-order chi connectivity index (χ1) is 17.7. The Morgan fingerprint density at radius 2 is 1.30 bits per heavy atom. The molecule has 9 heteroatoms. The number of piperazine rings is 1. The minimum atomic E-state index is -4.33. The number of nitrogens with zero attached hydrogens (tertiary/aromatic N) is 3. The zero-order chi connectivity index (χ0) is 26.0. The molecule has 1 aliphatic rings. The van der Waals surface area contributed by atoms with Gasteiger partial charge in [0.05, 0.1) is 23.5 Å². The molecular formula is C28H25F5N4. The highest BCUT2D eigenvalue weighted by Crippen LogP contribution is 2.32. The number of alkyl halides is 3. The number of hydrogen-bond donors (Lipinski definition) is 1. The van der Waals surface area contributed by atoms with Crippen LogP contribution in [0.4, 0.5) is 22.0 Å². The van der Waals surface area contributed by atoms with Gasteiger partial charge in [-0.2, -0.15) is 13.2 Å². The van der Waals surface area contributed by atoms with Crippen molar-refractivity contribution in [3.8, 4) is 22.5 Å². The number of aromatic nitrogens is 2. The van der Waals surface area contributed by atoms with E-state index in [0.29, 0.717) is 41.4 Å². The Hall–Kier alpha value is -3.56. The minimum Gasteiger partial charge on any atom is -0.340 e. The fourth-order valence-corrected chi connectivity index (χ4v) is 4.57. The van der Waals surface area contributed by atoms with E-state index in [4.69, 9.17) is 4.98 Å². The Labute approximate surface area is 211 Å². The van der Waals surface area contributed by atoms with Crippen molar-refractivity contribution in [1.82, 2.24) is 19.8 Å². The van der Waals surface area contributed by atoms with Crippen LogP contribution < -0.4 is 0 Å². The van der Waals surface area contributed by atoms with Crippen LogP contribution in [0.5, 0.6) is 0 Å². The molecule has 1 saturated heterocycles. The zero-order valence-corrected chi connectivity index (χ0v) is 19.9. The van der Waals surface area contributed by atoms with Crippen LogP contribution in [0.15, 0.2) is 72.8 Å². The van der Waals surface area contributed by atoms with Gasteiger partial charge >= 0.3 is 6.18 Å². The van der Waals surface area contributed by atoms with E-state index in [9.17, 15) is 22.0 Å². The van der Waals surface area contributed by atoms with Gasteiger partial charge in [0.15, 0.2) is 0 Å². The SMILES string of the molecule is Fc1cccc(-c2nc(CN3CCN(Cc4ccc(C(F)(F)F)cc4)CC3)[nH]c2-c2cccc(F)c2)c1. The van der Waals surface area contributed by atoms with Crippen LogP contribution >= 0.6 is 0 Å². The van der Waals surface area contributed by atoms with Crippen molar-refractivity contribution in [3.63, 3.8) is 0 Å². The second-order valence-corrected chi connectivity index (χ2v) is 9.17. The molecule has 2 heterocycles. The number of nitrogens with one attached hydrogen (secondary N) is 1. The predicted molar refractivity (Wildman–Crippen MR) is 131 cm³/mol. The number of hydrogen-bond acceptors (Lipinski definition) is 3. The summed E-state index contributed by atoms with van der Waals surface area (Å²) in [7, 11) is 0. The van der Waals surface area contributed by atoms with E-state index in [1.165, 1.54) is 36.4 Å². The Bertz CT molecular complexity index is 1290. The van der Waals surface area contributed by atoms with E-state index < -0.39 is 11.7 Å². The van der Waals surface area contributed by atoms with Crippen LogP contribution in [0.2, 0.25) is 0 Å². The molecule has 0 bridgehead atoms. The van der Waals surface area contributed by atoms with Gasteiger partial charge < -0.3 is 4.98 Å². The molecule has 0 atom stereocenters. The van der Waals surface area contributed by atoms with E-state index in [0.717, 1.165) is 43.9 Å². The molecule has 192 valence electrons. The average molecular weight is 513 g/mol. The molecule has 0 unspecified atom stereocenters. The third kappa shape index (κ3) is 6.06. The third-order valence-corrected chi connectivity index (χ3v) is 6.49. The molecule has 0 radical (unpaired) electrons.